The molecule has 0 aliphatic carbocycles. The third-order valence-corrected chi connectivity index (χ3v) is 2.23. The first kappa shape index (κ1) is 15.7. The molecule has 1 amide bonds. The van der Waals surface area contributed by atoms with Gasteiger partial charge in [0.1, 0.15) is 18.9 Å². The number of benzene rings is 1. The molecule has 5 nitrogen and oxygen atoms in total. The van der Waals surface area contributed by atoms with E-state index in [0.717, 1.165) is 12.1 Å². The van der Waals surface area contributed by atoms with Gasteiger partial charge in [0.2, 0.25) is 0 Å². The normalized spacial score (nSPS) is 11.2. The van der Waals surface area contributed by atoms with Crippen molar-refractivity contribution >= 4 is 17.6 Å². The van der Waals surface area contributed by atoms with E-state index in [9.17, 15) is 27.2 Å². The molecule has 0 fully saturated rings. The molecule has 1 aromatic rings. The number of carbonyl (C=O) groups excluding carboxylic acids is 1. The zero-order valence-corrected chi connectivity index (χ0v) is 9.95. The van der Waals surface area contributed by atoms with E-state index in [0.29, 0.717) is 6.07 Å². The third-order valence-electron chi connectivity index (χ3n) is 2.23. The van der Waals surface area contributed by atoms with Crippen LogP contribution in [0.25, 0.3) is 0 Å². The second-order valence-electron chi connectivity index (χ2n) is 3.91. The van der Waals surface area contributed by atoms with Crippen LogP contribution in [0, 0.1) is 5.82 Å². The highest BCUT2D eigenvalue weighted by Gasteiger charge is 2.34. The zero-order valence-electron chi connectivity index (χ0n) is 9.95. The molecule has 0 aromatic heterocycles. The Bertz CT molecular complexity index is 531. The Labute approximate surface area is 110 Å². The Balaban J connectivity index is 3.02. The topological polar surface area (TPSA) is 83.6 Å². The first-order valence-corrected chi connectivity index (χ1v) is 5.23. The summed E-state index contributed by atoms with van der Waals surface area (Å²) < 4.78 is 50.1. The van der Waals surface area contributed by atoms with Crippen molar-refractivity contribution in [3.63, 3.8) is 0 Å². The Morgan fingerprint density at radius 2 is 1.90 bits per heavy atom. The molecule has 0 atom stereocenters. The first-order valence-electron chi connectivity index (χ1n) is 5.23. The lowest BCUT2D eigenvalue weighted by Gasteiger charge is -2.22. The summed E-state index contributed by atoms with van der Waals surface area (Å²) >= 11 is 0. The van der Waals surface area contributed by atoms with Crippen LogP contribution in [0.15, 0.2) is 18.2 Å². The molecule has 1 rings (SSSR count). The van der Waals surface area contributed by atoms with Gasteiger partial charge in [-0.3, -0.25) is 9.59 Å². The number of amides is 1. The average Bonchev–Trinajstić information content (AvgIpc) is 2.28. The number of rotatable bonds is 4. The van der Waals surface area contributed by atoms with Gasteiger partial charge in [-0.25, -0.2) is 4.39 Å². The van der Waals surface area contributed by atoms with Crippen molar-refractivity contribution in [3.05, 3.63) is 29.6 Å². The maximum absolute atomic E-state index is 13.2. The summed E-state index contributed by atoms with van der Waals surface area (Å²) in [5, 5.41) is 8.52. The third kappa shape index (κ3) is 4.41. The summed E-state index contributed by atoms with van der Waals surface area (Å²) in [4.78, 5) is 22.3. The van der Waals surface area contributed by atoms with Crippen LogP contribution in [-0.2, 0) is 4.79 Å². The number of anilines is 1. The summed E-state index contributed by atoms with van der Waals surface area (Å²) in [6, 6.07) is 2.68. The molecule has 0 aliphatic heterocycles. The number of alkyl halides is 3. The first-order chi connectivity index (χ1) is 9.10. The van der Waals surface area contributed by atoms with Crippen molar-refractivity contribution in [2.45, 2.75) is 6.18 Å². The quantitative estimate of drug-likeness (QED) is 0.651. The van der Waals surface area contributed by atoms with Gasteiger partial charge >= 0.3 is 12.1 Å². The Morgan fingerprint density at radius 1 is 1.30 bits per heavy atom. The average molecular weight is 294 g/mol. The molecule has 110 valence electrons. The maximum atomic E-state index is 13.2. The summed E-state index contributed by atoms with van der Waals surface area (Å²) in [5.41, 5.74) is 4.48. The number of hydrogen-bond acceptors (Lipinski definition) is 3. The van der Waals surface area contributed by atoms with Crippen LogP contribution in [0.5, 0.6) is 0 Å². The van der Waals surface area contributed by atoms with Gasteiger partial charge in [-0.1, -0.05) is 0 Å². The molecule has 3 N–H and O–H groups in total. The second-order valence-corrected chi connectivity index (χ2v) is 3.91. The lowest BCUT2D eigenvalue weighted by atomic mass is 10.1. The fourth-order valence-electron chi connectivity index (χ4n) is 1.42. The number of nitrogens with two attached hydrogens (primary N) is 1. The van der Waals surface area contributed by atoms with Gasteiger partial charge in [-0.05, 0) is 18.2 Å². The number of carboxylic acid groups (broad SMARTS) is 1. The Kier molecular flexibility index (Phi) is 4.53. The van der Waals surface area contributed by atoms with E-state index >= 15 is 0 Å². The molecule has 0 radical (unpaired) electrons. The van der Waals surface area contributed by atoms with E-state index in [1.807, 2.05) is 0 Å². The standard InChI is InChI=1S/C11H10F4N2O3/c12-7-3-6(1-2-8(7)16)10(20)17(4-9(18)19)5-11(13,14)15/h1-3H,4-5,16H2,(H,18,19). The van der Waals surface area contributed by atoms with Crippen LogP contribution in [0.4, 0.5) is 23.2 Å². The SMILES string of the molecule is Nc1ccc(C(=O)N(CC(=O)O)CC(F)(F)F)cc1F. The Morgan fingerprint density at radius 3 is 2.35 bits per heavy atom. The van der Waals surface area contributed by atoms with E-state index in [-0.39, 0.29) is 10.6 Å². The number of aliphatic carboxylic acids is 1. The molecule has 0 unspecified atom stereocenters. The number of carbonyl (C=O) groups is 2. The fourth-order valence-corrected chi connectivity index (χ4v) is 1.42. The smallest absolute Gasteiger partial charge is 0.406 e. The Hall–Kier alpha value is -2.32. The fraction of sp³-hybridized carbons (Fsp3) is 0.273. The van der Waals surface area contributed by atoms with Gasteiger partial charge in [-0.2, -0.15) is 13.2 Å². The van der Waals surface area contributed by atoms with Crippen molar-refractivity contribution in [1.29, 1.82) is 0 Å². The van der Waals surface area contributed by atoms with Crippen molar-refractivity contribution in [2.24, 2.45) is 0 Å². The largest absolute Gasteiger partial charge is 0.480 e. The summed E-state index contributed by atoms with van der Waals surface area (Å²) in [7, 11) is 0. The summed E-state index contributed by atoms with van der Waals surface area (Å²) in [6.07, 6.45) is -4.77. The van der Waals surface area contributed by atoms with Crippen LogP contribution in [0.3, 0.4) is 0 Å². The van der Waals surface area contributed by atoms with E-state index in [4.69, 9.17) is 10.8 Å². The lowest BCUT2D eigenvalue weighted by Crippen LogP contribution is -2.42. The number of hydrogen-bond donors (Lipinski definition) is 2. The number of nitrogens with zero attached hydrogens (tertiary/aromatic N) is 1. The zero-order chi connectivity index (χ0) is 15.5. The van der Waals surface area contributed by atoms with Crippen molar-refractivity contribution < 1.29 is 32.3 Å². The molecule has 9 heteroatoms. The highest BCUT2D eigenvalue weighted by molar-refractivity contribution is 5.96. The monoisotopic (exact) mass is 294 g/mol. The van der Waals surface area contributed by atoms with Crippen LogP contribution in [-0.4, -0.2) is 41.1 Å². The molecule has 0 spiro atoms. The minimum atomic E-state index is -4.77. The molecular weight excluding hydrogens is 284 g/mol. The minimum Gasteiger partial charge on any atom is -0.480 e. The van der Waals surface area contributed by atoms with Crippen LogP contribution in [0.2, 0.25) is 0 Å². The predicted octanol–water partition coefficient (Wildman–Crippen LogP) is 1.50. The maximum Gasteiger partial charge on any atom is 0.406 e. The van der Waals surface area contributed by atoms with E-state index in [1.54, 1.807) is 0 Å². The second kappa shape index (κ2) is 5.76. The highest BCUT2D eigenvalue weighted by atomic mass is 19.4. The number of nitrogen functional groups attached to an aromatic ring is 1. The lowest BCUT2D eigenvalue weighted by molar-refractivity contribution is -0.149. The number of halogens is 4. The molecule has 1 aromatic carbocycles. The molecule has 0 saturated heterocycles. The van der Waals surface area contributed by atoms with E-state index < -0.39 is 42.5 Å². The predicted molar refractivity (Wildman–Crippen MR) is 60.4 cm³/mol. The minimum absolute atomic E-state index is 0.0628. The molecule has 0 heterocycles. The summed E-state index contributed by atoms with van der Waals surface area (Å²) in [5.74, 6) is -3.83. The van der Waals surface area contributed by atoms with Gasteiger partial charge < -0.3 is 15.7 Å². The van der Waals surface area contributed by atoms with Gasteiger partial charge in [0.05, 0.1) is 5.69 Å². The molecule has 0 saturated carbocycles. The van der Waals surface area contributed by atoms with E-state index in [1.165, 1.54) is 0 Å². The molecule has 20 heavy (non-hydrogen) atoms. The highest BCUT2D eigenvalue weighted by Crippen LogP contribution is 2.19. The van der Waals surface area contributed by atoms with Crippen LogP contribution in [0.1, 0.15) is 10.4 Å². The molecule has 0 bridgehead atoms. The number of carboxylic acids is 1. The van der Waals surface area contributed by atoms with Crippen LogP contribution >= 0.6 is 0 Å². The van der Waals surface area contributed by atoms with Gasteiger partial charge in [-0.15, -0.1) is 0 Å². The summed E-state index contributed by atoms with van der Waals surface area (Å²) in [6.45, 7) is -2.89. The van der Waals surface area contributed by atoms with Crippen LogP contribution < -0.4 is 5.73 Å². The van der Waals surface area contributed by atoms with E-state index in [2.05, 4.69) is 0 Å². The van der Waals surface area contributed by atoms with Gasteiger partial charge in [0.25, 0.3) is 5.91 Å². The van der Waals surface area contributed by atoms with Crippen molar-refractivity contribution in [2.75, 3.05) is 18.8 Å². The van der Waals surface area contributed by atoms with Gasteiger partial charge in [0, 0.05) is 5.56 Å². The van der Waals surface area contributed by atoms with Crippen molar-refractivity contribution in [1.82, 2.24) is 4.90 Å². The van der Waals surface area contributed by atoms with Crippen molar-refractivity contribution in [3.8, 4) is 0 Å². The molecule has 0 aliphatic rings. The molecular formula is C11H10F4N2O3. The van der Waals surface area contributed by atoms with Gasteiger partial charge in [0.15, 0.2) is 0 Å².